The van der Waals surface area contributed by atoms with Gasteiger partial charge in [0.1, 0.15) is 11.6 Å². The molecule has 0 radical (unpaired) electrons. The second-order valence-electron chi connectivity index (χ2n) is 4.17. The van der Waals surface area contributed by atoms with Gasteiger partial charge in [0.2, 0.25) is 0 Å². The molecule has 7 heteroatoms. The first-order valence-electron chi connectivity index (χ1n) is 5.89. The first-order chi connectivity index (χ1) is 9.95. The maximum atomic E-state index is 13.5. The molecule has 0 heterocycles. The molecular weight excluding hydrogens is 366 g/mol. The van der Waals surface area contributed by atoms with Gasteiger partial charge in [-0.3, -0.25) is 0 Å². The number of anilines is 1. The molecule has 0 bridgehead atoms. The lowest BCUT2D eigenvalue weighted by molar-refractivity contribution is 0.251. The predicted molar refractivity (Wildman–Crippen MR) is 81.4 cm³/mol. The fourth-order valence-corrected chi connectivity index (χ4v) is 2.17. The second-order valence-corrected chi connectivity index (χ2v) is 5.49. The zero-order valence-corrected chi connectivity index (χ0v) is 12.9. The predicted octanol–water partition coefficient (Wildman–Crippen LogP) is 4.70. The van der Waals surface area contributed by atoms with Crippen LogP contribution in [0.15, 0.2) is 40.9 Å². The van der Waals surface area contributed by atoms with E-state index in [-0.39, 0.29) is 17.3 Å². The van der Waals surface area contributed by atoms with Crippen LogP contribution >= 0.6 is 27.5 Å². The molecule has 2 aromatic rings. The zero-order valence-electron chi connectivity index (χ0n) is 10.6. The average Bonchev–Trinajstić information content (AvgIpc) is 2.41. The Labute approximate surface area is 133 Å². The monoisotopic (exact) mass is 374 g/mol. The molecule has 0 aromatic heterocycles. The standard InChI is InChI=1S/C14H10BrClF2N2O/c15-9-2-4-13(12(18)5-9)20-14(21)19-7-8-1-3-10(17)6-11(8)16/h1-6H,7H2,(H2,19,20,21). The summed E-state index contributed by atoms with van der Waals surface area (Å²) in [5.74, 6) is -1.01. The Morgan fingerprint density at radius 2 is 1.95 bits per heavy atom. The third kappa shape index (κ3) is 4.41. The van der Waals surface area contributed by atoms with E-state index in [1.807, 2.05) is 0 Å². The summed E-state index contributed by atoms with van der Waals surface area (Å²) in [7, 11) is 0. The van der Waals surface area contributed by atoms with E-state index < -0.39 is 17.7 Å². The number of carbonyl (C=O) groups is 1. The van der Waals surface area contributed by atoms with E-state index in [4.69, 9.17) is 11.6 Å². The highest BCUT2D eigenvalue weighted by atomic mass is 79.9. The highest BCUT2D eigenvalue weighted by molar-refractivity contribution is 9.10. The van der Waals surface area contributed by atoms with E-state index in [0.29, 0.717) is 10.0 Å². The number of hydrogen-bond donors (Lipinski definition) is 2. The number of halogens is 4. The first kappa shape index (κ1) is 15.7. The second kappa shape index (κ2) is 6.87. The third-order valence-corrected chi connectivity index (χ3v) is 3.48. The van der Waals surface area contributed by atoms with E-state index in [1.165, 1.54) is 24.3 Å². The summed E-state index contributed by atoms with van der Waals surface area (Å²) in [4.78, 5) is 11.7. The van der Waals surface area contributed by atoms with Gasteiger partial charge in [-0.15, -0.1) is 0 Å². The Bertz CT molecular complexity index is 682. The molecule has 0 saturated carbocycles. The molecule has 2 rings (SSSR count). The van der Waals surface area contributed by atoms with Crippen molar-refractivity contribution in [3.05, 3.63) is 63.1 Å². The van der Waals surface area contributed by atoms with Gasteiger partial charge in [-0.2, -0.15) is 0 Å². The van der Waals surface area contributed by atoms with Gasteiger partial charge in [0.05, 0.1) is 5.69 Å². The van der Waals surface area contributed by atoms with Crippen molar-refractivity contribution in [3.8, 4) is 0 Å². The molecule has 0 atom stereocenters. The van der Waals surface area contributed by atoms with Crippen molar-refractivity contribution in [2.75, 3.05) is 5.32 Å². The normalized spacial score (nSPS) is 10.3. The number of rotatable bonds is 3. The lowest BCUT2D eigenvalue weighted by Crippen LogP contribution is -2.28. The van der Waals surface area contributed by atoms with Gasteiger partial charge < -0.3 is 10.6 Å². The van der Waals surface area contributed by atoms with Crippen LogP contribution in [-0.2, 0) is 6.54 Å². The van der Waals surface area contributed by atoms with Crippen LogP contribution in [0.4, 0.5) is 19.3 Å². The number of amides is 2. The maximum Gasteiger partial charge on any atom is 0.319 e. The summed E-state index contributed by atoms with van der Waals surface area (Å²) in [6, 6.07) is 7.57. The fourth-order valence-electron chi connectivity index (χ4n) is 1.60. The van der Waals surface area contributed by atoms with Gasteiger partial charge in [-0.05, 0) is 35.9 Å². The summed E-state index contributed by atoms with van der Waals surface area (Å²) in [5, 5.41) is 5.10. The van der Waals surface area contributed by atoms with E-state index in [1.54, 1.807) is 6.07 Å². The van der Waals surface area contributed by atoms with Crippen molar-refractivity contribution in [2.24, 2.45) is 0 Å². The summed E-state index contributed by atoms with van der Waals surface area (Å²) in [6.07, 6.45) is 0. The SMILES string of the molecule is O=C(NCc1ccc(F)cc1Cl)Nc1ccc(Br)cc1F. The summed E-state index contributed by atoms with van der Waals surface area (Å²) >= 11 is 8.96. The van der Waals surface area contributed by atoms with Crippen LogP contribution in [0, 0.1) is 11.6 Å². The summed E-state index contributed by atoms with van der Waals surface area (Å²) in [5.41, 5.74) is 0.616. The Morgan fingerprint density at radius 1 is 1.19 bits per heavy atom. The van der Waals surface area contributed by atoms with E-state index in [2.05, 4.69) is 26.6 Å². The highest BCUT2D eigenvalue weighted by Crippen LogP contribution is 2.19. The van der Waals surface area contributed by atoms with Crippen LogP contribution < -0.4 is 10.6 Å². The van der Waals surface area contributed by atoms with Gasteiger partial charge in [-0.25, -0.2) is 13.6 Å². The number of urea groups is 1. The molecule has 21 heavy (non-hydrogen) atoms. The molecule has 2 N–H and O–H groups in total. The van der Waals surface area contributed by atoms with Crippen LogP contribution in [0.2, 0.25) is 5.02 Å². The van der Waals surface area contributed by atoms with Crippen molar-refractivity contribution in [2.45, 2.75) is 6.54 Å². The molecule has 0 aliphatic rings. The molecule has 0 unspecified atom stereocenters. The molecule has 0 aliphatic carbocycles. The minimum atomic E-state index is -0.586. The Balaban J connectivity index is 1.96. The van der Waals surface area contributed by atoms with E-state index >= 15 is 0 Å². The Morgan fingerprint density at radius 3 is 2.62 bits per heavy atom. The minimum absolute atomic E-state index is 0.0564. The number of benzene rings is 2. The zero-order chi connectivity index (χ0) is 15.4. The lowest BCUT2D eigenvalue weighted by atomic mass is 10.2. The maximum absolute atomic E-state index is 13.5. The quantitative estimate of drug-likeness (QED) is 0.802. The van der Waals surface area contributed by atoms with Crippen LogP contribution in [0.1, 0.15) is 5.56 Å². The summed E-state index contributed by atoms with van der Waals surface area (Å²) < 4.78 is 27.0. The largest absolute Gasteiger partial charge is 0.334 e. The molecule has 0 fully saturated rings. The summed E-state index contributed by atoms with van der Waals surface area (Å²) in [6.45, 7) is 0.100. The fraction of sp³-hybridized carbons (Fsp3) is 0.0714. The molecule has 110 valence electrons. The van der Waals surface area contributed by atoms with Crippen LogP contribution in [-0.4, -0.2) is 6.03 Å². The molecule has 0 aliphatic heterocycles. The number of carbonyl (C=O) groups excluding carboxylic acids is 1. The van der Waals surface area contributed by atoms with Crippen molar-refractivity contribution in [1.29, 1.82) is 0 Å². The van der Waals surface area contributed by atoms with Crippen LogP contribution in [0.3, 0.4) is 0 Å². The van der Waals surface area contributed by atoms with Crippen LogP contribution in [0.5, 0.6) is 0 Å². The van der Waals surface area contributed by atoms with Crippen molar-refractivity contribution in [1.82, 2.24) is 5.32 Å². The van der Waals surface area contributed by atoms with E-state index in [0.717, 1.165) is 6.07 Å². The Kier molecular flexibility index (Phi) is 5.14. The van der Waals surface area contributed by atoms with Gasteiger partial charge in [-0.1, -0.05) is 33.6 Å². The topological polar surface area (TPSA) is 41.1 Å². The molecule has 0 saturated heterocycles. The van der Waals surface area contributed by atoms with Crippen molar-refractivity contribution < 1.29 is 13.6 Å². The molecular formula is C14H10BrClF2N2O. The van der Waals surface area contributed by atoms with Gasteiger partial charge in [0, 0.05) is 16.0 Å². The minimum Gasteiger partial charge on any atom is -0.334 e. The number of hydrogen-bond acceptors (Lipinski definition) is 1. The average molecular weight is 376 g/mol. The Hall–Kier alpha value is -1.66. The van der Waals surface area contributed by atoms with Crippen LogP contribution in [0.25, 0.3) is 0 Å². The molecule has 2 amide bonds. The highest BCUT2D eigenvalue weighted by Gasteiger charge is 2.08. The number of nitrogens with one attached hydrogen (secondary N) is 2. The first-order valence-corrected chi connectivity index (χ1v) is 7.06. The molecule has 3 nitrogen and oxygen atoms in total. The lowest BCUT2D eigenvalue weighted by Gasteiger charge is -2.09. The van der Waals surface area contributed by atoms with Gasteiger partial charge in [0.25, 0.3) is 0 Å². The molecule has 0 spiro atoms. The third-order valence-electron chi connectivity index (χ3n) is 2.63. The molecule has 2 aromatic carbocycles. The van der Waals surface area contributed by atoms with Crippen molar-refractivity contribution >= 4 is 39.2 Å². The van der Waals surface area contributed by atoms with Gasteiger partial charge >= 0.3 is 6.03 Å². The van der Waals surface area contributed by atoms with Gasteiger partial charge in [0.15, 0.2) is 0 Å². The smallest absolute Gasteiger partial charge is 0.319 e. The van der Waals surface area contributed by atoms with Crippen molar-refractivity contribution in [3.63, 3.8) is 0 Å². The van der Waals surface area contributed by atoms with E-state index in [9.17, 15) is 13.6 Å².